The fourth-order valence-corrected chi connectivity index (χ4v) is 2.94. The molecule has 0 bridgehead atoms. The van der Waals surface area contributed by atoms with Gasteiger partial charge < -0.3 is 10.4 Å². The molecule has 2 unspecified atom stereocenters. The third-order valence-electron chi connectivity index (χ3n) is 4.12. The van der Waals surface area contributed by atoms with Gasteiger partial charge in [-0.3, -0.25) is 9.48 Å². The molecule has 1 amide bonds. The van der Waals surface area contributed by atoms with Crippen molar-refractivity contribution in [1.82, 2.24) is 15.1 Å². The Morgan fingerprint density at radius 1 is 1.45 bits per heavy atom. The average Bonchev–Trinajstić information content (AvgIpc) is 3.01. The Balaban J connectivity index is 1.76. The van der Waals surface area contributed by atoms with Gasteiger partial charge in [0, 0.05) is 24.9 Å². The molecule has 2 atom stereocenters. The predicted octanol–water partition coefficient (Wildman–Crippen LogP) is 1.46. The van der Waals surface area contributed by atoms with Crippen molar-refractivity contribution in [2.45, 2.75) is 25.4 Å². The van der Waals surface area contributed by atoms with Gasteiger partial charge in [0.2, 0.25) is 0 Å². The molecule has 1 saturated carbocycles. The lowest BCUT2D eigenvalue weighted by Gasteiger charge is -2.14. The fourth-order valence-electron chi connectivity index (χ4n) is 2.94. The van der Waals surface area contributed by atoms with Crippen molar-refractivity contribution in [3.8, 4) is 0 Å². The second kappa shape index (κ2) is 5.25. The zero-order valence-electron chi connectivity index (χ0n) is 11.5. The Morgan fingerprint density at radius 2 is 2.25 bits per heavy atom. The summed E-state index contributed by atoms with van der Waals surface area (Å²) in [6.07, 6.45) is 2.57. The van der Waals surface area contributed by atoms with E-state index in [1.54, 1.807) is 4.68 Å². The molecule has 1 aromatic heterocycles. The summed E-state index contributed by atoms with van der Waals surface area (Å²) < 4.78 is 1.72. The van der Waals surface area contributed by atoms with Crippen LogP contribution in [0.3, 0.4) is 0 Å². The lowest BCUT2D eigenvalue weighted by molar-refractivity contribution is 0.0913. The molecule has 106 valence electrons. The number of carbonyl (C=O) groups is 1. The molecular formula is C15H19N3O2. The Bertz CT molecular complexity index is 635. The molecule has 20 heavy (non-hydrogen) atoms. The predicted molar refractivity (Wildman–Crippen MR) is 76.4 cm³/mol. The molecule has 0 radical (unpaired) electrons. The number of aliphatic hydroxyl groups excluding tert-OH is 1. The van der Waals surface area contributed by atoms with Gasteiger partial charge in [-0.15, -0.1) is 0 Å². The quantitative estimate of drug-likeness (QED) is 0.889. The lowest BCUT2D eigenvalue weighted by atomic mass is 10.1. The molecule has 3 rings (SSSR count). The fraction of sp³-hybridized carbons (Fsp3) is 0.467. The Kier molecular flexibility index (Phi) is 3.44. The molecule has 2 aromatic rings. The van der Waals surface area contributed by atoms with Gasteiger partial charge in [-0.1, -0.05) is 24.6 Å². The Hall–Kier alpha value is -1.88. The molecule has 0 saturated heterocycles. The zero-order chi connectivity index (χ0) is 14.1. The number of rotatable bonds is 3. The standard InChI is InChI=1S/C15H19N3O2/c1-18-12-7-3-2-6-11(12)14(17-18)15(20)16-9-10-5-4-8-13(10)19/h2-3,6-7,10,13,19H,4-5,8-9H2,1H3,(H,16,20). The van der Waals surface area contributed by atoms with E-state index in [-0.39, 0.29) is 17.9 Å². The van der Waals surface area contributed by atoms with Gasteiger partial charge in [-0.05, 0) is 18.9 Å². The summed E-state index contributed by atoms with van der Waals surface area (Å²) in [5, 5.41) is 17.8. The third kappa shape index (κ3) is 2.29. The van der Waals surface area contributed by atoms with E-state index in [4.69, 9.17) is 0 Å². The van der Waals surface area contributed by atoms with Gasteiger partial charge in [0.25, 0.3) is 5.91 Å². The van der Waals surface area contributed by atoms with Crippen LogP contribution < -0.4 is 5.32 Å². The minimum Gasteiger partial charge on any atom is -0.393 e. The van der Waals surface area contributed by atoms with E-state index in [9.17, 15) is 9.90 Å². The van der Waals surface area contributed by atoms with E-state index in [0.717, 1.165) is 30.2 Å². The Morgan fingerprint density at radius 3 is 3.00 bits per heavy atom. The summed E-state index contributed by atoms with van der Waals surface area (Å²) in [6, 6.07) is 7.68. The van der Waals surface area contributed by atoms with E-state index >= 15 is 0 Å². The number of benzene rings is 1. The van der Waals surface area contributed by atoms with Crippen molar-refractivity contribution in [3.05, 3.63) is 30.0 Å². The van der Waals surface area contributed by atoms with Gasteiger partial charge in [0.15, 0.2) is 5.69 Å². The topological polar surface area (TPSA) is 67.2 Å². The molecular weight excluding hydrogens is 254 g/mol. The van der Waals surface area contributed by atoms with E-state index in [1.165, 1.54) is 0 Å². The van der Waals surface area contributed by atoms with Crippen molar-refractivity contribution < 1.29 is 9.90 Å². The van der Waals surface area contributed by atoms with Gasteiger partial charge in [0.1, 0.15) is 0 Å². The van der Waals surface area contributed by atoms with Crippen molar-refractivity contribution in [1.29, 1.82) is 0 Å². The largest absolute Gasteiger partial charge is 0.393 e. The van der Waals surface area contributed by atoms with Crippen molar-refractivity contribution in [3.63, 3.8) is 0 Å². The van der Waals surface area contributed by atoms with Gasteiger partial charge in [-0.2, -0.15) is 5.10 Å². The summed E-state index contributed by atoms with van der Waals surface area (Å²) in [5.74, 6) is 0.00910. The van der Waals surface area contributed by atoms with Crippen LogP contribution in [0.1, 0.15) is 29.8 Å². The number of nitrogens with zero attached hydrogens (tertiary/aromatic N) is 2. The van der Waals surface area contributed by atoms with Crippen LogP contribution in [0.4, 0.5) is 0 Å². The van der Waals surface area contributed by atoms with Crippen LogP contribution in [0.25, 0.3) is 10.9 Å². The summed E-state index contributed by atoms with van der Waals surface area (Å²) in [7, 11) is 1.83. The first-order valence-electron chi connectivity index (χ1n) is 7.05. The summed E-state index contributed by atoms with van der Waals surface area (Å²) >= 11 is 0. The molecule has 1 aromatic carbocycles. The first kappa shape index (κ1) is 13.1. The SMILES string of the molecule is Cn1nc(C(=O)NCC2CCCC2O)c2ccccc21. The average molecular weight is 273 g/mol. The number of fused-ring (bicyclic) bond motifs is 1. The highest BCUT2D eigenvalue weighted by Gasteiger charge is 2.26. The van der Waals surface area contributed by atoms with Crippen LogP contribution >= 0.6 is 0 Å². The molecule has 5 nitrogen and oxygen atoms in total. The number of hydrogen-bond donors (Lipinski definition) is 2. The van der Waals surface area contributed by atoms with E-state index in [1.807, 2.05) is 31.3 Å². The highest BCUT2D eigenvalue weighted by molar-refractivity contribution is 6.04. The minimum atomic E-state index is -0.282. The molecule has 5 heteroatoms. The molecule has 1 aliphatic rings. The molecule has 1 aliphatic carbocycles. The highest BCUT2D eigenvalue weighted by atomic mass is 16.3. The number of nitrogens with one attached hydrogen (secondary N) is 1. The Labute approximate surface area is 117 Å². The van der Waals surface area contributed by atoms with E-state index in [2.05, 4.69) is 10.4 Å². The summed E-state index contributed by atoms with van der Waals surface area (Å²) in [5.41, 5.74) is 1.40. The minimum absolute atomic E-state index is 0.166. The van der Waals surface area contributed by atoms with Crippen molar-refractivity contribution >= 4 is 16.8 Å². The first-order chi connectivity index (χ1) is 9.66. The second-order valence-corrected chi connectivity index (χ2v) is 5.46. The number of hydrogen-bond acceptors (Lipinski definition) is 3. The number of para-hydroxylation sites is 1. The zero-order valence-corrected chi connectivity index (χ0v) is 11.5. The second-order valence-electron chi connectivity index (χ2n) is 5.46. The smallest absolute Gasteiger partial charge is 0.272 e. The number of carbonyl (C=O) groups excluding carboxylic acids is 1. The van der Waals surface area contributed by atoms with Crippen LogP contribution in [0.2, 0.25) is 0 Å². The third-order valence-corrected chi connectivity index (χ3v) is 4.12. The van der Waals surface area contributed by atoms with Crippen LogP contribution in [0.5, 0.6) is 0 Å². The van der Waals surface area contributed by atoms with E-state index in [0.29, 0.717) is 12.2 Å². The van der Waals surface area contributed by atoms with Gasteiger partial charge >= 0.3 is 0 Å². The van der Waals surface area contributed by atoms with Crippen LogP contribution in [-0.4, -0.2) is 33.4 Å². The van der Waals surface area contributed by atoms with Crippen molar-refractivity contribution in [2.75, 3.05) is 6.54 Å². The monoisotopic (exact) mass is 273 g/mol. The normalized spacial score (nSPS) is 22.3. The maximum Gasteiger partial charge on any atom is 0.272 e. The highest BCUT2D eigenvalue weighted by Crippen LogP contribution is 2.25. The maximum atomic E-state index is 12.3. The van der Waals surface area contributed by atoms with Gasteiger partial charge in [-0.25, -0.2) is 0 Å². The molecule has 0 spiro atoms. The molecule has 2 N–H and O–H groups in total. The number of aliphatic hydroxyl groups is 1. The van der Waals surface area contributed by atoms with Crippen LogP contribution in [0.15, 0.2) is 24.3 Å². The molecule has 1 fully saturated rings. The number of amides is 1. The summed E-state index contributed by atoms with van der Waals surface area (Å²) in [4.78, 5) is 12.3. The van der Waals surface area contributed by atoms with Crippen LogP contribution in [0, 0.1) is 5.92 Å². The van der Waals surface area contributed by atoms with Crippen LogP contribution in [-0.2, 0) is 7.05 Å². The maximum absolute atomic E-state index is 12.3. The number of aryl methyl sites for hydroxylation is 1. The van der Waals surface area contributed by atoms with Crippen molar-refractivity contribution in [2.24, 2.45) is 13.0 Å². The first-order valence-corrected chi connectivity index (χ1v) is 7.05. The van der Waals surface area contributed by atoms with E-state index < -0.39 is 0 Å². The number of aromatic nitrogens is 2. The lowest BCUT2D eigenvalue weighted by Crippen LogP contribution is -2.32. The molecule has 0 aliphatic heterocycles. The molecule has 1 heterocycles. The van der Waals surface area contributed by atoms with Gasteiger partial charge in [0.05, 0.1) is 11.6 Å². The summed E-state index contributed by atoms with van der Waals surface area (Å²) in [6.45, 7) is 0.519.